The average molecular weight is 277 g/mol. The monoisotopic (exact) mass is 276 g/mol. The molecular weight excluding hydrogens is 252 g/mol. The average Bonchev–Trinajstić information content (AvgIpc) is 2.48. The van der Waals surface area contributed by atoms with Crippen LogP contribution in [0.3, 0.4) is 0 Å². The van der Waals surface area contributed by atoms with Crippen molar-refractivity contribution in [3.63, 3.8) is 0 Å². The van der Waals surface area contributed by atoms with Gasteiger partial charge in [0.2, 0.25) is 0 Å². The lowest BCUT2D eigenvalue weighted by Gasteiger charge is -2.39. The maximum absolute atomic E-state index is 12.2. The molecule has 106 valence electrons. The summed E-state index contributed by atoms with van der Waals surface area (Å²) in [6.07, 6.45) is 4.30. The smallest absolute Gasteiger partial charge is 0.410 e. The molecule has 1 saturated heterocycles. The van der Waals surface area contributed by atoms with Crippen LogP contribution in [0.4, 0.5) is 4.79 Å². The van der Waals surface area contributed by atoms with Crippen molar-refractivity contribution in [2.75, 3.05) is 13.1 Å². The summed E-state index contributed by atoms with van der Waals surface area (Å²) in [5, 5.41) is 0. The Balaban J connectivity index is 0.00000162. The van der Waals surface area contributed by atoms with Gasteiger partial charge in [0, 0.05) is 13.1 Å². The van der Waals surface area contributed by atoms with E-state index >= 15 is 0 Å². The molecule has 1 heterocycles. The Morgan fingerprint density at radius 2 is 2.17 bits per heavy atom. The van der Waals surface area contributed by atoms with Crippen molar-refractivity contribution in [1.29, 1.82) is 0 Å². The van der Waals surface area contributed by atoms with Crippen LogP contribution in [0.1, 0.15) is 46.5 Å². The molecular formula is C13H25ClN2O2. The molecule has 0 aromatic heterocycles. The number of ether oxygens (including phenoxy) is 1. The zero-order valence-electron chi connectivity index (χ0n) is 11.6. The third kappa shape index (κ3) is 2.91. The largest absolute Gasteiger partial charge is 0.444 e. The third-order valence-corrected chi connectivity index (χ3v) is 3.93. The highest BCUT2D eigenvalue weighted by molar-refractivity contribution is 5.85. The molecule has 1 aliphatic carbocycles. The van der Waals surface area contributed by atoms with E-state index in [1.807, 2.05) is 25.7 Å². The maximum atomic E-state index is 12.2. The summed E-state index contributed by atoms with van der Waals surface area (Å²) in [5.74, 6) is 0.625. The molecule has 0 aromatic carbocycles. The first kappa shape index (κ1) is 15.6. The molecule has 0 radical (unpaired) electrons. The third-order valence-electron chi connectivity index (χ3n) is 3.93. The van der Waals surface area contributed by atoms with Gasteiger partial charge in [-0.05, 0) is 46.0 Å². The van der Waals surface area contributed by atoms with Gasteiger partial charge in [0.25, 0.3) is 0 Å². The standard InChI is InChI=1S/C13H24N2O2.ClH/c1-12(2,3)17-11(16)15-8-10-5-4-6-13(15,7-10)9-14;/h10H,4-9,14H2,1-3H3;1H/t10?,13-;/m0./s1. The number of carbonyl (C=O) groups is 1. The number of likely N-dealkylation sites (tertiary alicyclic amines) is 1. The molecule has 1 aliphatic heterocycles. The molecule has 4 nitrogen and oxygen atoms in total. The van der Waals surface area contributed by atoms with Crippen LogP contribution in [0.5, 0.6) is 0 Å². The van der Waals surface area contributed by atoms with Gasteiger partial charge >= 0.3 is 6.09 Å². The van der Waals surface area contributed by atoms with Gasteiger partial charge in [-0.25, -0.2) is 4.79 Å². The molecule has 18 heavy (non-hydrogen) atoms. The van der Waals surface area contributed by atoms with E-state index in [0.717, 1.165) is 19.4 Å². The first-order valence-corrected chi connectivity index (χ1v) is 6.57. The van der Waals surface area contributed by atoms with Gasteiger partial charge in [-0.2, -0.15) is 0 Å². The van der Waals surface area contributed by atoms with Crippen LogP contribution in [-0.2, 0) is 4.74 Å². The summed E-state index contributed by atoms with van der Waals surface area (Å²) in [6, 6.07) is 0. The molecule has 0 aromatic rings. The van der Waals surface area contributed by atoms with Crippen molar-refractivity contribution >= 4 is 18.5 Å². The van der Waals surface area contributed by atoms with Crippen LogP contribution in [0, 0.1) is 5.92 Å². The number of fused-ring (bicyclic) bond motifs is 2. The highest BCUT2D eigenvalue weighted by Crippen LogP contribution is 2.43. The SMILES string of the molecule is CC(C)(C)OC(=O)N1CC2CCC[C@@]1(CN)C2.Cl. The summed E-state index contributed by atoms with van der Waals surface area (Å²) >= 11 is 0. The van der Waals surface area contributed by atoms with Gasteiger partial charge in [-0.15, -0.1) is 12.4 Å². The van der Waals surface area contributed by atoms with E-state index in [-0.39, 0.29) is 24.0 Å². The quantitative estimate of drug-likeness (QED) is 0.801. The van der Waals surface area contributed by atoms with E-state index in [0.29, 0.717) is 12.5 Å². The molecule has 5 heteroatoms. The van der Waals surface area contributed by atoms with Gasteiger partial charge in [0.15, 0.2) is 0 Å². The second-order valence-corrected chi connectivity index (χ2v) is 6.48. The minimum atomic E-state index is -0.427. The number of nitrogens with two attached hydrogens (primary N) is 1. The zero-order valence-corrected chi connectivity index (χ0v) is 12.4. The lowest BCUT2D eigenvalue weighted by Crippen LogP contribution is -2.53. The lowest BCUT2D eigenvalue weighted by molar-refractivity contribution is 0.00792. The normalized spacial score (nSPS) is 30.9. The Kier molecular flexibility index (Phi) is 4.55. The van der Waals surface area contributed by atoms with Gasteiger partial charge in [0.05, 0.1) is 5.54 Å². The second kappa shape index (κ2) is 5.25. The number of hydrogen-bond acceptors (Lipinski definition) is 3. The summed E-state index contributed by atoms with van der Waals surface area (Å²) in [7, 11) is 0. The lowest BCUT2D eigenvalue weighted by atomic mass is 9.80. The zero-order chi connectivity index (χ0) is 12.7. The predicted molar refractivity (Wildman–Crippen MR) is 73.9 cm³/mol. The highest BCUT2D eigenvalue weighted by atomic mass is 35.5. The van der Waals surface area contributed by atoms with Crippen molar-refractivity contribution < 1.29 is 9.53 Å². The van der Waals surface area contributed by atoms with Crippen LogP contribution in [0.25, 0.3) is 0 Å². The van der Waals surface area contributed by atoms with Crippen molar-refractivity contribution in [3.8, 4) is 0 Å². The van der Waals surface area contributed by atoms with Crippen LogP contribution in [-0.4, -0.2) is 35.2 Å². The van der Waals surface area contributed by atoms with Gasteiger partial charge in [0.1, 0.15) is 5.60 Å². The topological polar surface area (TPSA) is 55.6 Å². The number of carbonyl (C=O) groups excluding carboxylic acids is 1. The fraction of sp³-hybridized carbons (Fsp3) is 0.923. The Hall–Kier alpha value is -0.480. The minimum Gasteiger partial charge on any atom is -0.444 e. The maximum Gasteiger partial charge on any atom is 0.410 e. The first-order chi connectivity index (χ1) is 7.86. The van der Waals surface area contributed by atoms with Crippen molar-refractivity contribution in [3.05, 3.63) is 0 Å². The Labute approximate surface area is 116 Å². The number of halogens is 1. The van der Waals surface area contributed by atoms with Crippen molar-refractivity contribution in [1.82, 2.24) is 4.90 Å². The number of nitrogens with zero attached hydrogens (tertiary/aromatic N) is 1. The van der Waals surface area contributed by atoms with E-state index in [1.165, 1.54) is 12.8 Å². The van der Waals surface area contributed by atoms with Crippen molar-refractivity contribution in [2.24, 2.45) is 11.7 Å². The molecule has 2 fully saturated rings. The molecule has 0 spiro atoms. The molecule has 2 bridgehead atoms. The van der Waals surface area contributed by atoms with Crippen LogP contribution in [0.2, 0.25) is 0 Å². The number of rotatable bonds is 1. The van der Waals surface area contributed by atoms with E-state index in [1.54, 1.807) is 0 Å². The molecule has 2 aliphatic rings. The Morgan fingerprint density at radius 1 is 1.50 bits per heavy atom. The highest BCUT2D eigenvalue weighted by Gasteiger charge is 2.50. The molecule has 2 N–H and O–H groups in total. The van der Waals surface area contributed by atoms with Crippen molar-refractivity contribution in [2.45, 2.75) is 57.6 Å². The summed E-state index contributed by atoms with van der Waals surface area (Å²) in [4.78, 5) is 14.1. The summed E-state index contributed by atoms with van der Waals surface area (Å²) in [6.45, 7) is 7.10. The molecule has 1 unspecified atom stereocenters. The predicted octanol–water partition coefficient (Wildman–Crippen LogP) is 2.55. The first-order valence-electron chi connectivity index (χ1n) is 6.57. The minimum absolute atomic E-state index is 0. The molecule has 1 amide bonds. The Bertz CT molecular complexity index is 317. The molecule has 1 saturated carbocycles. The fourth-order valence-corrected chi connectivity index (χ4v) is 3.19. The van der Waals surface area contributed by atoms with Gasteiger partial charge in [-0.3, -0.25) is 0 Å². The fourth-order valence-electron chi connectivity index (χ4n) is 3.19. The second-order valence-electron chi connectivity index (χ2n) is 6.48. The van der Waals surface area contributed by atoms with E-state index in [2.05, 4.69) is 0 Å². The Morgan fingerprint density at radius 3 is 2.72 bits per heavy atom. The van der Waals surface area contributed by atoms with E-state index in [9.17, 15) is 4.79 Å². The van der Waals surface area contributed by atoms with Crippen LogP contribution in [0.15, 0.2) is 0 Å². The van der Waals surface area contributed by atoms with Crippen LogP contribution >= 0.6 is 12.4 Å². The van der Waals surface area contributed by atoms with E-state index in [4.69, 9.17) is 10.5 Å². The van der Waals surface area contributed by atoms with Crippen LogP contribution < -0.4 is 5.73 Å². The summed E-state index contributed by atoms with van der Waals surface area (Å²) < 4.78 is 5.49. The number of hydrogen-bond donors (Lipinski definition) is 1. The van der Waals surface area contributed by atoms with E-state index < -0.39 is 5.60 Å². The van der Waals surface area contributed by atoms with Gasteiger partial charge in [-0.1, -0.05) is 6.42 Å². The number of amides is 1. The van der Waals surface area contributed by atoms with Gasteiger partial charge < -0.3 is 15.4 Å². The molecule has 2 rings (SSSR count). The molecule has 2 atom stereocenters. The summed E-state index contributed by atoms with van der Waals surface area (Å²) in [5.41, 5.74) is 5.37.